The van der Waals surface area contributed by atoms with Crippen molar-refractivity contribution in [2.45, 2.75) is 12.2 Å². The molecule has 1 fully saturated rings. The summed E-state index contributed by atoms with van der Waals surface area (Å²) in [5.74, 6) is 0.372. The highest BCUT2D eigenvalue weighted by Gasteiger charge is 2.40. The lowest BCUT2D eigenvalue weighted by Gasteiger charge is -2.27. The molecular weight excluding hydrogens is 308 g/mol. The zero-order valence-electron chi connectivity index (χ0n) is 13.8. The maximum absolute atomic E-state index is 12.7. The molecule has 1 aliphatic rings. The molecule has 0 amide bonds. The van der Waals surface area contributed by atoms with E-state index in [1.807, 2.05) is 24.3 Å². The van der Waals surface area contributed by atoms with E-state index in [1.165, 1.54) is 0 Å². The Labute approximate surface area is 141 Å². The first-order chi connectivity index (χ1) is 11.7. The summed E-state index contributed by atoms with van der Waals surface area (Å²) < 4.78 is 22.0. The van der Waals surface area contributed by atoms with Crippen LogP contribution in [-0.2, 0) is 15.3 Å². The van der Waals surface area contributed by atoms with Gasteiger partial charge in [0.15, 0.2) is 5.78 Å². The molecule has 0 saturated carbocycles. The smallest absolute Gasteiger partial charge is 0.202 e. The predicted octanol–water partition coefficient (Wildman–Crippen LogP) is 3.18. The largest absolute Gasteiger partial charge is 0.497 e. The van der Waals surface area contributed by atoms with E-state index in [0.717, 1.165) is 11.3 Å². The quantitative estimate of drug-likeness (QED) is 0.762. The van der Waals surface area contributed by atoms with Crippen molar-refractivity contribution in [3.8, 4) is 11.5 Å². The van der Waals surface area contributed by atoms with Crippen LogP contribution in [0.4, 0.5) is 0 Å². The van der Waals surface area contributed by atoms with Gasteiger partial charge in [0, 0.05) is 11.1 Å². The fourth-order valence-corrected chi connectivity index (χ4v) is 2.76. The third-order valence-electron chi connectivity index (χ3n) is 4.09. The standard InChI is InChI=1S/C19H20O5/c1-21-16-7-3-14(4-8-16)18(20)13-19(23-11-12-24-19)15-5-9-17(22-2)10-6-15/h3-10H,11-13H2,1-2H3. The molecule has 0 unspecified atom stereocenters. The van der Waals surface area contributed by atoms with Crippen molar-refractivity contribution >= 4 is 5.78 Å². The van der Waals surface area contributed by atoms with Crippen LogP contribution in [0.5, 0.6) is 11.5 Å². The Morgan fingerprint density at radius 3 is 1.92 bits per heavy atom. The van der Waals surface area contributed by atoms with Gasteiger partial charge in [-0.1, -0.05) is 0 Å². The highest BCUT2D eigenvalue weighted by atomic mass is 16.7. The number of Topliss-reactive ketones (excluding diaryl/α,β-unsaturated/α-hetero) is 1. The molecule has 0 aromatic heterocycles. The first-order valence-corrected chi connectivity index (χ1v) is 7.76. The SMILES string of the molecule is COc1ccc(C(=O)CC2(c3ccc(OC)cc3)OCCO2)cc1. The van der Waals surface area contributed by atoms with Crippen LogP contribution in [0.2, 0.25) is 0 Å². The zero-order chi connectivity index (χ0) is 17.0. The fraction of sp³-hybridized carbons (Fsp3) is 0.316. The van der Waals surface area contributed by atoms with E-state index in [9.17, 15) is 4.79 Å². The predicted molar refractivity (Wildman–Crippen MR) is 88.5 cm³/mol. The Hall–Kier alpha value is -2.37. The summed E-state index contributed by atoms with van der Waals surface area (Å²) in [6, 6.07) is 14.4. The van der Waals surface area contributed by atoms with Crippen LogP contribution in [0, 0.1) is 0 Å². The molecule has 0 aliphatic carbocycles. The van der Waals surface area contributed by atoms with Crippen LogP contribution in [0.3, 0.4) is 0 Å². The molecule has 0 bridgehead atoms. The average molecular weight is 328 g/mol. The van der Waals surface area contributed by atoms with Crippen LogP contribution < -0.4 is 9.47 Å². The first-order valence-electron chi connectivity index (χ1n) is 7.76. The monoisotopic (exact) mass is 328 g/mol. The number of hydrogen-bond acceptors (Lipinski definition) is 5. The lowest BCUT2D eigenvalue weighted by molar-refractivity contribution is -0.162. The third kappa shape index (κ3) is 3.27. The molecular formula is C19H20O5. The minimum Gasteiger partial charge on any atom is -0.497 e. The normalized spacial score (nSPS) is 15.9. The van der Waals surface area contributed by atoms with E-state index in [2.05, 4.69) is 0 Å². The molecule has 1 aliphatic heterocycles. The molecule has 126 valence electrons. The van der Waals surface area contributed by atoms with Gasteiger partial charge in [-0.3, -0.25) is 4.79 Å². The van der Waals surface area contributed by atoms with E-state index < -0.39 is 5.79 Å². The number of benzene rings is 2. The van der Waals surface area contributed by atoms with E-state index in [-0.39, 0.29) is 12.2 Å². The van der Waals surface area contributed by atoms with Crippen molar-refractivity contribution in [1.82, 2.24) is 0 Å². The maximum atomic E-state index is 12.7. The summed E-state index contributed by atoms with van der Waals surface area (Å²) in [5.41, 5.74) is 1.41. The molecule has 1 saturated heterocycles. The summed E-state index contributed by atoms with van der Waals surface area (Å²) in [7, 11) is 3.20. The number of ether oxygens (including phenoxy) is 4. The van der Waals surface area contributed by atoms with Crippen molar-refractivity contribution in [2.75, 3.05) is 27.4 Å². The number of rotatable bonds is 6. The van der Waals surface area contributed by atoms with Gasteiger partial charge in [-0.05, 0) is 48.5 Å². The summed E-state index contributed by atoms with van der Waals surface area (Å²) in [6.45, 7) is 0.920. The van der Waals surface area contributed by atoms with Crippen molar-refractivity contribution in [3.63, 3.8) is 0 Å². The number of methoxy groups -OCH3 is 2. The molecule has 3 rings (SSSR count). The van der Waals surface area contributed by atoms with Gasteiger partial charge in [0.05, 0.1) is 33.9 Å². The van der Waals surface area contributed by atoms with E-state index >= 15 is 0 Å². The minimum atomic E-state index is -1.04. The zero-order valence-corrected chi connectivity index (χ0v) is 13.8. The fourth-order valence-electron chi connectivity index (χ4n) is 2.76. The summed E-state index contributed by atoms with van der Waals surface area (Å²) in [4.78, 5) is 12.7. The van der Waals surface area contributed by atoms with Gasteiger partial charge in [-0.2, -0.15) is 0 Å². The first kappa shape index (κ1) is 16.5. The lowest BCUT2D eigenvalue weighted by atomic mass is 9.96. The van der Waals surface area contributed by atoms with Gasteiger partial charge in [0.1, 0.15) is 11.5 Å². The third-order valence-corrected chi connectivity index (χ3v) is 4.09. The Morgan fingerprint density at radius 1 is 0.917 bits per heavy atom. The van der Waals surface area contributed by atoms with Crippen molar-refractivity contribution in [1.29, 1.82) is 0 Å². The topological polar surface area (TPSA) is 54.0 Å². The molecule has 5 nitrogen and oxygen atoms in total. The molecule has 0 spiro atoms. The Bertz CT molecular complexity index is 685. The molecule has 0 radical (unpaired) electrons. The van der Waals surface area contributed by atoms with Crippen LogP contribution >= 0.6 is 0 Å². The summed E-state index contributed by atoms with van der Waals surface area (Å²) in [5, 5.41) is 0. The van der Waals surface area contributed by atoms with Crippen LogP contribution in [0.25, 0.3) is 0 Å². The Kier molecular flexibility index (Phi) is 4.83. The van der Waals surface area contributed by atoms with Gasteiger partial charge in [0.25, 0.3) is 0 Å². The summed E-state index contributed by atoms with van der Waals surface area (Å²) in [6.07, 6.45) is 0.117. The van der Waals surface area contributed by atoms with Crippen LogP contribution in [-0.4, -0.2) is 33.2 Å². The van der Waals surface area contributed by atoms with Gasteiger partial charge >= 0.3 is 0 Å². The maximum Gasteiger partial charge on any atom is 0.202 e. The van der Waals surface area contributed by atoms with Crippen LogP contribution in [0.15, 0.2) is 48.5 Å². The molecule has 1 heterocycles. The molecule has 0 atom stereocenters. The van der Waals surface area contributed by atoms with E-state index in [0.29, 0.717) is 24.5 Å². The second-order valence-electron chi connectivity index (χ2n) is 5.51. The lowest BCUT2D eigenvalue weighted by Crippen LogP contribution is -2.30. The molecule has 2 aromatic rings. The van der Waals surface area contributed by atoms with Crippen molar-refractivity contribution in [2.24, 2.45) is 0 Å². The molecule has 24 heavy (non-hydrogen) atoms. The average Bonchev–Trinajstić information content (AvgIpc) is 3.11. The van der Waals surface area contributed by atoms with Gasteiger partial charge in [-0.25, -0.2) is 0 Å². The molecule has 2 aromatic carbocycles. The molecule has 5 heteroatoms. The van der Waals surface area contributed by atoms with Gasteiger partial charge < -0.3 is 18.9 Å². The second kappa shape index (κ2) is 7.03. The van der Waals surface area contributed by atoms with Crippen LogP contribution in [0.1, 0.15) is 22.3 Å². The number of carbonyl (C=O) groups excluding carboxylic acids is 1. The Morgan fingerprint density at radius 2 is 1.42 bits per heavy atom. The highest BCUT2D eigenvalue weighted by molar-refractivity contribution is 5.96. The van der Waals surface area contributed by atoms with Crippen molar-refractivity contribution in [3.05, 3.63) is 59.7 Å². The second-order valence-corrected chi connectivity index (χ2v) is 5.51. The highest BCUT2D eigenvalue weighted by Crippen LogP contribution is 2.36. The van der Waals surface area contributed by atoms with Gasteiger partial charge in [0.2, 0.25) is 5.79 Å². The van der Waals surface area contributed by atoms with Crippen molar-refractivity contribution < 1.29 is 23.7 Å². The number of ketones is 1. The minimum absolute atomic E-state index is 0.0460. The Balaban J connectivity index is 1.83. The van der Waals surface area contributed by atoms with E-state index in [1.54, 1.807) is 38.5 Å². The number of hydrogen-bond donors (Lipinski definition) is 0. The molecule has 0 N–H and O–H groups in total. The summed E-state index contributed by atoms with van der Waals surface area (Å²) >= 11 is 0. The number of carbonyl (C=O) groups is 1. The van der Waals surface area contributed by atoms with Gasteiger partial charge in [-0.15, -0.1) is 0 Å². The van der Waals surface area contributed by atoms with E-state index in [4.69, 9.17) is 18.9 Å².